The van der Waals surface area contributed by atoms with E-state index in [2.05, 4.69) is 9.47 Å². The Hall–Kier alpha value is -2.18. The van der Waals surface area contributed by atoms with Crippen LogP contribution in [0.4, 0.5) is 39.5 Å². The normalized spacial score (nSPS) is 27.6. The van der Waals surface area contributed by atoms with Crippen LogP contribution >= 0.6 is 0 Å². The largest absolute Gasteiger partial charge is 0.431 e. The Morgan fingerprint density at radius 1 is 1.14 bits per heavy atom. The minimum atomic E-state index is -5.15. The number of esters is 1. The van der Waals surface area contributed by atoms with Gasteiger partial charge in [0.25, 0.3) is 0 Å². The predicted octanol–water partition coefficient (Wildman–Crippen LogP) is 4.77. The van der Waals surface area contributed by atoms with Gasteiger partial charge in [-0.25, -0.2) is 9.18 Å². The van der Waals surface area contributed by atoms with Gasteiger partial charge >= 0.3 is 25.4 Å². The van der Waals surface area contributed by atoms with Gasteiger partial charge in [-0.3, -0.25) is 0 Å². The van der Waals surface area contributed by atoms with Crippen molar-refractivity contribution in [2.45, 2.75) is 50.9 Å². The molecule has 1 aromatic rings. The Morgan fingerprint density at radius 2 is 1.72 bits per heavy atom. The number of rotatable bonds is 5. The third kappa shape index (κ3) is 4.23. The van der Waals surface area contributed by atoms with Crippen LogP contribution in [0.1, 0.15) is 25.3 Å². The molecule has 0 N–H and O–H groups in total. The highest BCUT2D eigenvalue weighted by molar-refractivity contribution is 5.77. The average molecular weight is 440 g/mol. The van der Waals surface area contributed by atoms with Crippen molar-refractivity contribution in [3.8, 4) is 5.75 Å². The van der Waals surface area contributed by atoms with Crippen LogP contribution < -0.4 is 4.74 Å². The third-order valence-corrected chi connectivity index (χ3v) is 4.75. The summed E-state index contributed by atoms with van der Waals surface area (Å²) in [6.45, 7) is -6.06. The highest BCUT2D eigenvalue weighted by Crippen LogP contribution is 2.55. The first-order valence-electron chi connectivity index (χ1n) is 7.86. The molecule has 0 saturated carbocycles. The molecule has 0 radical (unpaired) electrons. The van der Waals surface area contributed by atoms with Crippen LogP contribution in [0.5, 0.6) is 5.75 Å². The number of halogens is 9. The van der Waals surface area contributed by atoms with Crippen LogP contribution in [0.25, 0.3) is 0 Å². The van der Waals surface area contributed by atoms with E-state index in [1.165, 1.54) is 0 Å². The summed E-state index contributed by atoms with van der Waals surface area (Å²) in [6, 6.07) is 1.000. The van der Waals surface area contributed by atoms with Crippen molar-refractivity contribution < 1.29 is 58.5 Å². The molecule has 1 aliphatic rings. The van der Waals surface area contributed by atoms with Gasteiger partial charge in [-0.15, -0.1) is 0 Å². The van der Waals surface area contributed by atoms with Crippen molar-refractivity contribution in [1.29, 1.82) is 0 Å². The molecule has 0 amide bonds. The van der Waals surface area contributed by atoms with Crippen molar-refractivity contribution in [2.24, 2.45) is 5.92 Å². The van der Waals surface area contributed by atoms with Gasteiger partial charge in [0, 0.05) is 17.4 Å². The first kappa shape index (κ1) is 23.1. The van der Waals surface area contributed by atoms with Crippen molar-refractivity contribution in [3.63, 3.8) is 0 Å². The first-order chi connectivity index (χ1) is 13.2. The zero-order valence-electron chi connectivity index (χ0n) is 14.6. The van der Waals surface area contributed by atoms with Gasteiger partial charge in [0.15, 0.2) is 23.3 Å². The maximum absolute atomic E-state index is 14.0. The van der Waals surface area contributed by atoms with Gasteiger partial charge in [0.05, 0.1) is 0 Å². The SMILES string of the molecule is C[C@H]1[C@@H](c2ccc(F)c(F)c2OC(F)F)[C@H](C(=O)OC(F)F)O[C@@]1(C)C(F)(F)F. The molecule has 13 heteroatoms. The summed E-state index contributed by atoms with van der Waals surface area (Å²) >= 11 is 0. The maximum Gasteiger partial charge on any atom is 0.417 e. The summed E-state index contributed by atoms with van der Waals surface area (Å²) in [7, 11) is 0. The second-order valence-corrected chi connectivity index (χ2v) is 6.31. The van der Waals surface area contributed by atoms with Crippen LogP contribution in [0, 0.1) is 17.6 Å². The maximum atomic E-state index is 14.0. The lowest BCUT2D eigenvalue weighted by Gasteiger charge is -2.32. The minimum Gasteiger partial charge on any atom is -0.431 e. The molecule has 0 aromatic heterocycles. The lowest BCUT2D eigenvalue weighted by molar-refractivity contribution is -0.275. The molecule has 1 aliphatic heterocycles. The molecule has 0 spiro atoms. The fraction of sp³-hybridized carbons (Fsp3) is 0.562. The van der Waals surface area contributed by atoms with Crippen molar-refractivity contribution in [3.05, 3.63) is 29.3 Å². The van der Waals surface area contributed by atoms with Crippen LogP contribution in [-0.2, 0) is 14.3 Å². The van der Waals surface area contributed by atoms with Gasteiger partial charge < -0.3 is 14.2 Å². The lowest BCUT2D eigenvalue weighted by Crippen LogP contribution is -2.47. The highest BCUT2D eigenvalue weighted by atomic mass is 19.4. The van der Waals surface area contributed by atoms with Gasteiger partial charge in [0.1, 0.15) is 0 Å². The molecule has 0 unspecified atom stereocenters. The molecule has 29 heavy (non-hydrogen) atoms. The van der Waals surface area contributed by atoms with E-state index >= 15 is 0 Å². The van der Waals surface area contributed by atoms with Crippen LogP contribution in [0.15, 0.2) is 12.1 Å². The number of carbonyl (C=O) groups is 1. The number of ether oxygens (including phenoxy) is 3. The Balaban J connectivity index is 2.66. The van der Waals surface area contributed by atoms with Crippen LogP contribution in [-0.4, -0.2) is 37.1 Å². The summed E-state index contributed by atoms with van der Waals surface area (Å²) in [4.78, 5) is 11.9. The predicted molar refractivity (Wildman–Crippen MR) is 76.3 cm³/mol. The Bertz CT molecular complexity index is 767. The van der Waals surface area contributed by atoms with Crippen LogP contribution in [0.3, 0.4) is 0 Å². The molecule has 4 atom stereocenters. The Kier molecular flexibility index (Phi) is 6.31. The van der Waals surface area contributed by atoms with E-state index in [4.69, 9.17) is 4.74 Å². The van der Waals surface area contributed by atoms with E-state index in [1.807, 2.05) is 0 Å². The fourth-order valence-corrected chi connectivity index (χ4v) is 3.17. The van der Waals surface area contributed by atoms with E-state index in [-0.39, 0.29) is 0 Å². The number of hydrogen-bond donors (Lipinski definition) is 0. The summed E-state index contributed by atoms with van der Waals surface area (Å²) in [6.07, 6.45) is -7.54. The molecule has 1 saturated heterocycles. The lowest BCUT2D eigenvalue weighted by atomic mass is 9.77. The molecule has 4 nitrogen and oxygen atoms in total. The van der Waals surface area contributed by atoms with E-state index in [9.17, 15) is 44.3 Å². The van der Waals surface area contributed by atoms with Gasteiger partial charge in [0.2, 0.25) is 5.82 Å². The number of carbonyl (C=O) groups excluding carboxylic acids is 1. The van der Waals surface area contributed by atoms with E-state index < -0.39 is 71.9 Å². The zero-order valence-corrected chi connectivity index (χ0v) is 14.6. The topological polar surface area (TPSA) is 44.8 Å². The molecule has 2 rings (SSSR count). The van der Waals surface area contributed by atoms with E-state index in [0.29, 0.717) is 19.1 Å². The Morgan fingerprint density at radius 3 is 2.21 bits per heavy atom. The quantitative estimate of drug-likeness (QED) is 0.489. The van der Waals surface area contributed by atoms with Gasteiger partial charge in [-0.2, -0.15) is 35.1 Å². The molecule has 1 fully saturated rings. The number of benzene rings is 1. The van der Waals surface area contributed by atoms with Gasteiger partial charge in [-0.05, 0) is 13.0 Å². The minimum absolute atomic E-state index is 0.397. The van der Waals surface area contributed by atoms with E-state index in [1.54, 1.807) is 0 Å². The summed E-state index contributed by atoms with van der Waals surface area (Å²) in [5, 5.41) is 0. The Labute approximate surface area is 157 Å². The summed E-state index contributed by atoms with van der Waals surface area (Å²) < 4.78 is 130. The second kappa shape index (κ2) is 7.92. The summed E-state index contributed by atoms with van der Waals surface area (Å²) in [5.74, 6) is -10.8. The average Bonchev–Trinajstić information content (AvgIpc) is 2.84. The smallest absolute Gasteiger partial charge is 0.417 e. The first-order valence-corrected chi connectivity index (χ1v) is 7.86. The van der Waals surface area contributed by atoms with E-state index in [0.717, 1.165) is 6.92 Å². The summed E-state index contributed by atoms with van der Waals surface area (Å²) in [5.41, 5.74) is -3.93. The fourth-order valence-electron chi connectivity index (χ4n) is 3.17. The standard InChI is InChI=1S/C16H13F9O4/c1-5-8(6-3-4-7(17)9(18)10(6)27-13(19)20)11(12(26)28-14(21)22)29-15(5,2)16(23,24)25/h3-5,8,11,13-14H,1-2H3/t5-,8-,11+,15+/m0/s1. The molecular formula is C16H13F9O4. The van der Waals surface area contributed by atoms with Gasteiger partial charge in [-0.1, -0.05) is 13.0 Å². The molecule has 0 aliphatic carbocycles. The molecule has 1 aromatic carbocycles. The molecule has 1 heterocycles. The number of alkyl halides is 7. The van der Waals surface area contributed by atoms with Crippen molar-refractivity contribution in [1.82, 2.24) is 0 Å². The second-order valence-electron chi connectivity index (χ2n) is 6.31. The monoisotopic (exact) mass is 440 g/mol. The highest BCUT2D eigenvalue weighted by Gasteiger charge is 2.66. The van der Waals surface area contributed by atoms with Crippen molar-refractivity contribution in [2.75, 3.05) is 0 Å². The van der Waals surface area contributed by atoms with Crippen LogP contribution in [0.2, 0.25) is 0 Å². The molecular weight excluding hydrogens is 427 g/mol. The third-order valence-electron chi connectivity index (χ3n) is 4.75. The van der Waals surface area contributed by atoms with Crippen molar-refractivity contribution >= 4 is 5.97 Å². The zero-order chi connectivity index (χ0) is 22.3. The number of hydrogen-bond acceptors (Lipinski definition) is 4. The molecule has 0 bridgehead atoms. The molecule has 164 valence electrons.